The number of aryl methyl sites for hydroxylation is 1. The lowest BCUT2D eigenvalue weighted by atomic mass is 10.0. The van der Waals surface area contributed by atoms with Crippen molar-refractivity contribution >= 4 is 39.9 Å². The number of esters is 1. The van der Waals surface area contributed by atoms with E-state index in [2.05, 4.69) is 25.5 Å². The molecule has 0 unspecified atom stereocenters. The van der Waals surface area contributed by atoms with Crippen LogP contribution < -0.4 is 10.2 Å². The average Bonchev–Trinajstić information content (AvgIpc) is 3.36. The minimum absolute atomic E-state index is 0.192. The Morgan fingerprint density at radius 2 is 2.10 bits per heavy atom. The quantitative estimate of drug-likeness (QED) is 0.579. The van der Waals surface area contributed by atoms with Crippen LogP contribution >= 0.6 is 22.9 Å². The lowest BCUT2D eigenvalue weighted by Crippen LogP contribution is -2.55. The van der Waals surface area contributed by atoms with Crippen molar-refractivity contribution in [1.29, 1.82) is 0 Å². The summed E-state index contributed by atoms with van der Waals surface area (Å²) in [6, 6.07) is -0.194. The standard InChI is InChI=1S/C18H25ClN6O4S/c1-4-10-13(19)22-14(20-10)15(26)21-11-7-8-25(9-12(11)28-5-2)18-24-23-16(30-18)17(27)29-6-3/h11-12H,4-9H2,1-3H3,(H,20,22)(H,21,26)/t11-,12+/m1/s1. The van der Waals surface area contributed by atoms with E-state index in [1.807, 2.05) is 18.7 Å². The zero-order chi connectivity index (χ0) is 21.7. The summed E-state index contributed by atoms with van der Waals surface area (Å²) in [6.45, 7) is 7.50. The fourth-order valence-electron chi connectivity index (χ4n) is 3.22. The highest BCUT2D eigenvalue weighted by atomic mass is 35.5. The first-order chi connectivity index (χ1) is 14.5. The number of nitrogens with zero attached hydrogens (tertiary/aromatic N) is 4. The summed E-state index contributed by atoms with van der Waals surface area (Å²) in [5, 5.41) is 12.2. The van der Waals surface area contributed by atoms with Crippen molar-refractivity contribution in [2.75, 3.05) is 31.2 Å². The van der Waals surface area contributed by atoms with Crippen LogP contribution in [0.4, 0.5) is 5.13 Å². The third-order valence-corrected chi connectivity index (χ3v) is 5.96. The monoisotopic (exact) mass is 456 g/mol. The molecule has 0 saturated carbocycles. The van der Waals surface area contributed by atoms with E-state index in [-0.39, 0.29) is 35.5 Å². The number of imidazole rings is 1. The van der Waals surface area contributed by atoms with Crippen LogP contribution in [0.2, 0.25) is 5.15 Å². The molecule has 30 heavy (non-hydrogen) atoms. The van der Waals surface area contributed by atoms with Crippen molar-refractivity contribution < 1.29 is 19.1 Å². The van der Waals surface area contributed by atoms with Gasteiger partial charge in [0.2, 0.25) is 10.1 Å². The lowest BCUT2D eigenvalue weighted by molar-refractivity contribution is 0.0271. The molecule has 12 heteroatoms. The Labute approximate surface area is 183 Å². The molecule has 1 saturated heterocycles. The molecule has 0 aliphatic carbocycles. The molecule has 0 aromatic carbocycles. The Bertz CT molecular complexity index is 888. The third kappa shape index (κ3) is 5.08. The van der Waals surface area contributed by atoms with E-state index >= 15 is 0 Å². The molecule has 3 heterocycles. The maximum absolute atomic E-state index is 12.6. The van der Waals surface area contributed by atoms with Crippen LogP contribution in [0.1, 0.15) is 53.3 Å². The minimum atomic E-state index is -0.478. The first-order valence-electron chi connectivity index (χ1n) is 9.89. The summed E-state index contributed by atoms with van der Waals surface area (Å²) >= 11 is 7.23. The highest BCUT2D eigenvalue weighted by Gasteiger charge is 2.33. The number of hydrogen-bond donors (Lipinski definition) is 2. The van der Waals surface area contributed by atoms with Crippen molar-refractivity contribution in [3.8, 4) is 0 Å². The SMILES string of the molecule is CCOC(=O)c1nnc(N2CC[C@@H](NC(=O)c3nc(Cl)c(CC)[nH]3)[C@@H](OCC)C2)s1. The van der Waals surface area contributed by atoms with Crippen molar-refractivity contribution in [3.05, 3.63) is 21.7 Å². The van der Waals surface area contributed by atoms with Crippen molar-refractivity contribution in [2.24, 2.45) is 0 Å². The molecular formula is C18H25ClN6O4S. The van der Waals surface area contributed by atoms with Gasteiger partial charge in [-0.25, -0.2) is 9.78 Å². The van der Waals surface area contributed by atoms with E-state index < -0.39 is 5.97 Å². The van der Waals surface area contributed by atoms with E-state index in [1.54, 1.807) is 6.92 Å². The highest BCUT2D eigenvalue weighted by Crippen LogP contribution is 2.26. The highest BCUT2D eigenvalue weighted by molar-refractivity contribution is 7.17. The summed E-state index contributed by atoms with van der Waals surface area (Å²) < 4.78 is 10.8. The normalized spacial score (nSPS) is 19.0. The molecule has 1 aliphatic rings. The van der Waals surface area contributed by atoms with Crippen LogP contribution in [0, 0.1) is 0 Å². The summed E-state index contributed by atoms with van der Waals surface area (Å²) in [5.74, 6) is -0.605. The Kier molecular flexibility index (Phi) is 7.62. The number of piperidine rings is 1. The predicted octanol–water partition coefficient (Wildman–Crippen LogP) is 2.07. The number of aromatic amines is 1. The largest absolute Gasteiger partial charge is 0.461 e. The Morgan fingerprint density at radius 3 is 2.77 bits per heavy atom. The molecule has 10 nitrogen and oxygen atoms in total. The molecule has 2 aromatic heterocycles. The summed E-state index contributed by atoms with van der Waals surface area (Å²) in [7, 11) is 0. The fraction of sp³-hybridized carbons (Fsp3) is 0.611. The molecule has 1 amide bonds. The maximum Gasteiger partial charge on any atom is 0.369 e. The number of amides is 1. The van der Waals surface area contributed by atoms with Gasteiger partial charge < -0.3 is 24.7 Å². The Balaban J connectivity index is 1.66. The summed E-state index contributed by atoms with van der Waals surface area (Å²) in [4.78, 5) is 33.5. The van der Waals surface area contributed by atoms with Crippen LogP contribution in [0.15, 0.2) is 0 Å². The van der Waals surface area contributed by atoms with Gasteiger partial charge in [0.15, 0.2) is 11.0 Å². The van der Waals surface area contributed by atoms with Crippen molar-refractivity contribution in [1.82, 2.24) is 25.5 Å². The topological polar surface area (TPSA) is 122 Å². The van der Waals surface area contributed by atoms with Gasteiger partial charge in [0.05, 0.1) is 24.4 Å². The molecule has 1 aliphatic heterocycles. The number of nitrogens with one attached hydrogen (secondary N) is 2. The van der Waals surface area contributed by atoms with Gasteiger partial charge in [-0.05, 0) is 26.7 Å². The van der Waals surface area contributed by atoms with Gasteiger partial charge in [0.25, 0.3) is 5.91 Å². The second-order valence-electron chi connectivity index (χ2n) is 6.63. The van der Waals surface area contributed by atoms with Gasteiger partial charge in [-0.1, -0.05) is 29.9 Å². The Morgan fingerprint density at radius 1 is 1.30 bits per heavy atom. The molecule has 164 valence electrons. The number of carbonyl (C=O) groups is 2. The van der Waals surface area contributed by atoms with E-state index in [4.69, 9.17) is 21.1 Å². The predicted molar refractivity (Wildman–Crippen MR) is 112 cm³/mol. The molecule has 0 bridgehead atoms. The van der Waals surface area contributed by atoms with Crippen LogP contribution in [-0.4, -0.2) is 70.5 Å². The fourth-order valence-corrected chi connectivity index (χ4v) is 4.26. The number of anilines is 1. The first-order valence-corrected chi connectivity index (χ1v) is 11.1. The van der Waals surface area contributed by atoms with Crippen molar-refractivity contribution in [3.63, 3.8) is 0 Å². The van der Waals surface area contributed by atoms with Gasteiger partial charge in [-0.15, -0.1) is 10.2 Å². The van der Waals surface area contributed by atoms with E-state index in [0.717, 1.165) is 5.69 Å². The van der Waals surface area contributed by atoms with Crippen LogP contribution in [0.5, 0.6) is 0 Å². The Hall–Kier alpha value is -2.24. The van der Waals surface area contributed by atoms with Crippen LogP contribution in [0.3, 0.4) is 0 Å². The molecule has 2 atom stereocenters. The second kappa shape index (κ2) is 10.2. The van der Waals surface area contributed by atoms with Gasteiger partial charge in [-0.3, -0.25) is 4.79 Å². The zero-order valence-corrected chi connectivity index (χ0v) is 18.7. The maximum atomic E-state index is 12.6. The third-order valence-electron chi connectivity index (χ3n) is 4.69. The molecular weight excluding hydrogens is 432 g/mol. The smallest absolute Gasteiger partial charge is 0.369 e. The van der Waals surface area contributed by atoms with E-state index in [9.17, 15) is 9.59 Å². The molecule has 2 aromatic rings. The molecule has 2 N–H and O–H groups in total. The zero-order valence-electron chi connectivity index (χ0n) is 17.1. The summed E-state index contributed by atoms with van der Waals surface area (Å²) in [6.07, 6.45) is 1.05. The van der Waals surface area contributed by atoms with Crippen LogP contribution in [-0.2, 0) is 15.9 Å². The van der Waals surface area contributed by atoms with E-state index in [1.165, 1.54) is 11.3 Å². The lowest BCUT2D eigenvalue weighted by Gasteiger charge is -2.38. The number of rotatable bonds is 8. The van der Waals surface area contributed by atoms with Crippen LogP contribution in [0.25, 0.3) is 0 Å². The summed E-state index contributed by atoms with van der Waals surface area (Å²) in [5.41, 5.74) is 0.728. The van der Waals surface area contributed by atoms with E-state index in [0.29, 0.717) is 42.8 Å². The number of carbonyl (C=O) groups excluding carboxylic acids is 2. The number of ether oxygens (including phenoxy) is 2. The number of aromatic nitrogens is 4. The van der Waals surface area contributed by atoms with Gasteiger partial charge in [-0.2, -0.15) is 0 Å². The number of halogens is 1. The number of hydrogen-bond acceptors (Lipinski definition) is 9. The van der Waals surface area contributed by atoms with Crippen molar-refractivity contribution in [2.45, 2.75) is 45.8 Å². The van der Waals surface area contributed by atoms with Gasteiger partial charge in [0, 0.05) is 19.7 Å². The minimum Gasteiger partial charge on any atom is -0.461 e. The molecule has 1 fully saturated rings. The second-order valence-corrected chi connectivity index (χ2v) is 7.94. The molecule has 0 spiro atoms. The van der Waals surface area contributed by atoms with Gasteiger partial charge in [0.1, 0.15) is 0 Å². The molecule has 3 rings (SSSR count). The first kappa shape index (κ1) is 22.4. The van der Waals surface area contributed by atoms with Gasteiger partial charge >= 0.3 is 5.97 Å². The molecule has 0 radical (unpaired) electrons. The number of H-pyrrole nitrogens is 1. The average molecular weight is 457 g/mol.